The summed E-state index contributed by atoms with van der Waals surface area (Å²) in [6.45, 7) is 0. The van der Waals surface area contributed by atoms with Gasteiger partial charge in [0.15, 0.2) is 0 Å². The summed E-state index contributed by atoms with van der Waals surface area (Å²) in [4.78, 5) is 48.6. The standard InChI is InChI=1S/C4H6O4.Ca.H4O4Si.2H/c5-3(6)1-2-4(7)8;;1-5(2,3)4;;/h1-2H2,(H,5,6)(H,7,8);;1-4H;;. The predicted molar refractivity (Wildman–Crippen MR) is 47.7 cm³/mol. The van der Waals surface area contributed by atoms with Gasteiger partial charge >= 0.3 is 58.7 Å². The molecular weight excluding hydrogens is 244 g/mol. The van der Waals surface area contributed by atoms with Gasteiger partial charge in [0.1, 0.15) is 0 Å². The molecule has 0 spiro atoms. The quantitative estimate of drug-likeness (QED) is 0.283. The van der Waals surface area contributed by atoms with Crippen molar-refractivity contribution in [1.29, 1.82) is 0 Å². The molecule has 0 saturated heterocycles. The number of carboxylic acids is 2. The van der Waals surface area contributed by atoms with E-state index in [1.54, 1.807) is 0 Å². The van der Waals surface area contributed by atoms with E-state index in [0.29, 0.717) is 0 Å². The van der Waals surface area contributed by atoms with E-state index in [0.717, 1.165) is 0 Å². The molecule has 0 fully saturated rings. The number of aliphatic carboxylic acids is 2. The van der Waals surface area contributed by atoms with E-state index in [-0.39, 0.29) is 50.6 Å². The number of rotatable bonds is 3. The Morgan fingerprint density at radius 1 is 0.857 bits per heavy atom. The van der Waals surface area contributed by atoms with E-state index in [4.69, 9.17) is 29.4 Å². The Morgan fingerprint density at radius 3 is 1.07 bits per heavy atom. The van der Waals surface area contributed by atoms with Crippen LogP contribution >= 0.6 is 0 Å². The molecule has 0 saturated carbocycles. The molecule has 0 aliphatic carbocycles. The molecule has 0 radical (unpaired) electrons. The van der Waals surface area contributed by atoms with Gasteiger partial charge in [0, 0.05) is 0 Å². The molecule has 6 N–H and O–H groups in total. The van der Waals surface area contributed by atoms with E-state index in [1.807, 2.05) is 0 Å². The van der Waals surface area contributed by atoms with Crippen molar-refractivity contribution in [2.75, 3.05) is 0 Å². The molecule has 0 amide bonds. The second kappa shape index (κ2) is 9.80. The monoisotopic (exact) mass is 256 g/mol. The summed E-state index contributed by atoms with van der Waals surface area (Å²) in [5.41, 5.74) is 0. The van der Waals surface area contributed by atoms with Crippen LogP contribution in [0.25, 0.3) is 0 Å². The molecule has 0 aromatic rings. The van der Waals surface area contributed by atoms with Crippen LogP contribution < -0.4 is 0 Å². The number of hydrogen-bond donors (Lipinski definition) is 6. The summed E-state index contributed by atoms with van der Waals surface area (Å²) in [6.07, 6.45) is -0.593. The summed E-state index contributed by atoms with van der Waals surface area (Å²) in [5.74, 6) is -2.15. The third-order valence-electron chi connectivity index (χ3n) is 0.553. The maximum absolute atomic E-state index is 9.64. The Morgan fingerprint density at radius 2 is 1.00 bits per heavy atom. The van der Waals surface area contributed by atoms with Crippen LogP contribution in [0.2, 0.25) is 0 Å². The van der Waals surface area contributed by atoms with Crippen LogP contribution in [0.4, 0.5) is 0 Å². The Balaban J connectivity index is -0.000000177. The van der Waals surface area contributed by atoms with Crippen LogP contribution in [0.15, 0.2) is 0 Å². The molecule has 0 aliphatic rings. The predicted octanol–water partition coefficient (Wildman–Crippen LogP) is -3.59. The molecule has 10 heteroatoms. The second-order valence-electron chi connectivity index (χ2n) is 1.89. The molecule has 14 heavy (non-hydrogen) atoms. The van der Waals surface area contributed by atoms with E-state index < -0.39 is 21.0 Å². The molecule has 0 atom stereocenters. The van der Waals surface area contributed by atoms with Gasteiger partial charge in [0.25, 0.3) is 0 Å². The van der Waals surface area contributed by atoms with E-state index in [1.165, 1.54) is 0 Å². The zero-order valence-electron chi connectivity index (χ0n) is 6.41. The molecule has 8 nitrogen and oxygen atoms in total. The third kappa shape index (κ3) is 56.2. The minimum absolute atomic E-state index is 0. The van der Waals surface area contributed by atoms with Crippen LogP contribution in [0.1, 0.15) is 12.8 Å². The van der Waals surface area contributed by atoms with Gasteiger partial charge in [-0.05, 0) is 0 Å². The van der Waals surface area contributed by atoms with Crippen molar-refractivity contribution in [3.05, 3.63) is 0 Å². The van der Waals surface area contributed by atoms with Crippen molar-refractivity contribution in [3.63, 3.8) is 0 Å². The zero-order chi connectivity index (χ0) is 11.1. The van der Waals surface area contributed by atoms with Gasteiger partial charge < -0.3 is 29.4 Å². The molecule has 0 aromatic carbocycles. The average molecular weight is 256 g/mol. The fraction of sp³-hybridized carbons (Fsp3) is 0.500. The van der Waals surface area contributed by atoms with Crippen molar-refractivity contribution < 1.29 is 39.0 Å². The summed E-state index contributed by atoms with van der Waals surface area (Å²) in [7, 11) is -4.61. The molecule has 0 rings (SSSR count). The van der Waals surface area contributed by atoms with Gasteiger partial charge in [-0.3, -0.25) is 9.59 Å². The molecule has 82 valence electrons. The van der Waals surface area contributed by atoms with Crippen molar-refractivity contribution >= 4 is 58.7 Å². The summed E-state index contributed by atoms with van der Waals surface area (Å²) in [6, 6.07) is 0. The first-order valence-electron chi connectivity index (χ1n) is 2.96. The van der Waals surface area contributed by atoms with Crippen molar-refractivity contribution in [1.82, 2.24) is 0 Å². The summed E-state index contributed by atoms with van der Waals surface area (Å²) in [5, 5.41) is 15.8. The van der Waals surface area contributed by atoms with E-state index in [9.17, 15) is 9.59 Å². The maximum atomic E-state index is 9.64. The first kappa shape index (κ1) is 19.8. The van der Waals surface area contributed by atoms with Gasteiger partial charge in [0.05, 0.1) is 12.8 Å². The fourth-order valence-corrected chi connectivity index (χ4v) is 0.214. The third-order valence-corrected chi connectivity index (χ3v) is 0.553. The van der Waals surface area contributed by atoms with Crippen molar-refractivity contribution in [3.8, 4) is 0 Å². The Bertz CT molecular complexity index is 157. The normalized spacial score (nSPS) is 9.14. The topological polar surface area (TPSA) is 156 Å². The van der Waals surface area contributed by atoms with Gasteiger partial charge in [-0.15, -0.1) is 0 Å². The van der Waals surface area contributed by atoms with E-state index >= 15 is 0 Å². The number of hydrogen-bond acceptors (Lipinski definition) is 6. The van der Waals surface area contributed by atoms with Crippen LogP contribution in [-0.2, 0) is 9.59 Å². The number of carbonyl (C=O) groups is 2. The van der Waals surface area contributed by atoms with Crippen molar-refractivity contribution in [2.45, 2.75) is 12.8 Å². The number of carboxylic acid groups (broad SMARTS) is 2. The van der Waals surface area contributed by atoms with Crippen LogP contribution in [0.5, 0.6) is 0 Å². The van der Waals surface area contributed by atoms with Gasteiger partial charge in [0.2, 0.25) is 0 Å². The Labute approximate surface area is 110 Å². The first-order valence-corrected chi connectivity index (χ1v) is 4.75. The zero-order valence-corrected chi connectivity index (χ0v) is 7.41. The van der Waals surface area contributed by atoms with Crippen LogP contribution in [-0.4, -0.2) is 88.1 Å². The van der Waals surface area contributed by atoms with Gasteiger partial charge in [-0.2, -0.15) is 0 Å². The Hall–Kier alpha value is 0.257. The molecule has 0 bridgehead atoms. The first-order chi connectivity index (χ1) is 5.63. The molecule has 0 heterocycles. The van der Waals surface area contributed by atoms with Crippen LogP contribution in [0, 0.1) is 0 Å². The minimum atomic E-state index is -4.61. The fourth-order valence-electron chi connectivity index (χ4n) is 0.214. The van der Waals surface area contributed by atoms with Crippen LogP contribution in [0.3, 0.4) is 0 Å². The molecule has 0 aliphatic heterocycles. The summed E-state index contributed by atoms with van der Waals surface area (Å²) < 4.78 is 0. The Kier molecular flexibility index (Phi) is 13.8. The molecule has 0 unspecified atom stereocenters. The molecule has 0 aromatic heterocycles. The van der Waals surface area contributed by atoms with E-state index in [2.05, 4.69) is 0 Å². The average Bonchev–Trinajstić information content (AvgIpc) is 1.79. The van der Waals surface area contributed by atoms with Gasteiger partial charge in [-0.25, -0.2) is 0 Å². The van der Waals surface area contributed by atoms with Crippen molar-refractivity contribution in [2.24, 2.45) is 0 Å². The summed E-state index contributed by atoms with van der Waals surface area (Å²) >= 11 is 0. The SMILES string of the molecule is O=C(O)CCC(=O)O.O[Si](O)(O)O.[CaH2]. The van der Waals surface area contributed by atoms with Gasteiger partial charge in [-0.1, -0.05) is 0 Å². The molecular formula is C4H12CaO8Si. The second-order valence-corrected chi connectivity index (χ2v) is 3.09.